The number of para-hydroxylation sites is 1. The number of hydrogen-bond donors (Lipinski definition) is 2. The molecule has 4 nitrogen and oxygen atoms in total. The molecule has 3 aromatic carbocycles. The number of hydrogen-bond acceptors (Lipinski definition) is 2. The molecule has 3 atom stereocenters. The molecule has 0 spiro atoms. The van der Waals surface area contributed by atoms with Crippen LogP contribution in [0.1, 0.15) is 29.4 Å². The number of ether oxygens (including phenoxy) is 1. The molecule has 1 aliphatic carbocycles. The van der Waals surface area contributed by atoms with E-state index in [-0.39, 0.29) is 18.0 Å². The maximum atomic E-state index is 12.3. The molecule has 1 aliphatic heterocycles. The van der Waals surface area contributed by atoms with Crippen molar-refractivity contribution >= 4 is 16.8 Å². The fourth-order valence-electron chi connectivity index (χ4n) is 3.99. The Bertz CT molecular complexity index is 1000. The van der Waals surface area contributed by atoms with Crippen LogP contribution in [0.15, 0.2) is 66.7 Å². The van der Waals surface area contributed by atoms with E-state index in [1.165, 1.54) is 21.9 Å². The molecule has 3 aromatic rings. The largest absolute Gasteiger partial charge is 0.493 e. The normalized spacial score (nSPS) is 22.7. The number of benzene rings is 3. The van der Waals surface area contributed by atoms with E-state index < -0.39 is 0 Å². The van der Waals surface area contributed by atoms with Crippen LogP contribution >= 0.6 is 0 Å². The van der Waals surface area contributed by atoms with Gasteiger partial charge in [-0.25, -0.2) is 4.79 Å². The molecule has 2 amide bonds. The van der Waals surface area contributed by atoms with E-state index in [4.69, 9.17) is 4.74 Å². The van der Waals surface area contributed by atoms with Crippen molar-refractivity contribution in [1.29, 1.82) is 0 Å². The van der Waals surface area contributed by atoms with Crippen molar-refractivity contribution in [2.75, 3.05) is 13.2 Å². The van der Waals surface area contributed by atoms with Gasteiger partial charge >= 0.3 is 6.03 Å². The van der Waals surface area contributed by atoms with E-state index in [0.29, 0.717) is 19.1 Å². The van der Waals surface area contributed by atoms with E-state index in [0.717, 1.165) is 12.2 Å². The van der Waals surface area contributed by atoms with Gasteiger partial charge in [0.1, 0.15) is 5.75 Å². The topological polar surface area (TPSA) is 50.4 Å². The average molecular weight is 358 g/mol. The predicted molar refractivity (Wildman–Crippen MR) is 106 cm³/mol. The van der Waals surface area contributed by atoms with Crippen LogP contribution in [-0.2, 0) is 0 Å². The monoisotopic (exact) mass is 358 g/mol. The van der Waals surface area contributed by atoms with Gasteiger partial charge in [-0.05, 0) is 28.8 Å². The van der Waals surface area contributed by atoms with E-state index >= 15 is 0 Å². The molecule has 1 unspecified atom stereocenters. The first-order valence-electron chi connectivity index (χ1n) is 9.53. The molecular weight excluding hydrogens is 336 g/mol. The number of amides is 2. The predicted octanol–water partition coefficient (Wildman–Crippen LogP) is 4.17. The molecule has 0 saturated heterocycles. The molecule has 5 rings (SSSR count). The number of carbonyl (C=O) groups excluding carboxylic acids is 1. The van der Waals surface area contributed by atoms with E-state index in [1.807, 2.05) is 18.2 Å². The SMILES string of the molecule is O=C(NCC1COc2ccccc21)N[C@@H]1C[C@H]1c1ccc2ccccc2c1. The van der Waals surface area contributed by atoms with Gasteiger partial charge in [0.2, 0.25) is 0 Å². The second-order valence-corrected chi connectivity index (χ2v) is 7.46. The molecule has 27 heavy (non-hydrogen) atoms. The van der Waals surface area contributed by atoms with Crippen LogP contribution in [0.25, 0.3) is 10.8 Å². The van der Waals surface area contributed by atoms with Crippen LogP contribution in [-0.4, -0.2) is 25.2 Å². The minimum absolute atomic E-state index is 0.0901. The fourth-order valence-corrected chi connectivity index (χ4v) is 3.99. The van der Waals surface area contributed by atoms with E-state index in [1.54, 1.807) is 0 Å². The molecule has 2 aliphatic rings. The van der Waals surface area contributed by atoms with Gasteiger partial charge in [-0.2, -0.15) is 0 Å². The summed E-state index contributed by atoms with van der Waals surface area (Å²) in [4.78, 5) is 12.3. The molecule has 1 heterocycles. The van der Waals surface area contributed by atoms with Gasteiger partial charge in [-0.1, -0.05) is 60.7 Å². The second-order valence-electron chi connectivity index (χ2n) is 7.46. The van der Waals surface area contributed by atoms with Crippen LogP contribution in [0.3, 0.4) is 0 Å². The lowest BCUT2D eigenvalue weighted by molar-refractivity contribution is 0.238. The van der Waals surface area contributed by atoms with Gasteiger partial charge in [0, 0.05) is 30.0 Å². The summed E-state index contributed by atoms with van der Waals surface area (Å²) in [5.74, 6) is 1.57. The lowest BCUT2D eigenvalue weighted by Gasteiger charge is -2.12. The van der Waals surface area contributed by atoms with Crippen molar-refractivity contribution in [3.05, 3.63) is 77.9 Å². The Morgan fingerprint density at radius 1 is 1.00 bits per heavy atom. The lowest BCUT2D eigenvalue weighted by Crippen LogP contribution is -2.39. The first-order chi connectivity index (χ1) is 13.3. The zero-order chi connectivity index (χ0) is 18.2. The summed E-state index contributed by atoms with van der Waals surface area (Å²) in [6, 6.07) is 23.1. The molecule has 4 heteroatoms. The standard InChI is InChI=1S/C23H22N2O2/c26-23(24-13-18-14-27-22-8-4-3-7-19(18)22)25-21-12-20(21)17-10-9-15-5-1-2-6-16(15)11-17/h1-11,18,20-21H,12-14H2,(H2,24,25,26)/t18?,20-,21+/m0/s1. The van der Waals surface area contributed by atoms with E-state index in [9.17, 15) is 4.79 Å². The van der Waals surface area contributed by atoms with Crippen molar-refractivity contribution in [3.63, 3.8) is 0 Å². The maximum Gasteiger partial charge on any atom is 0.315 e. The Hall–Kier alpha value is -3.01. The van der Waals surface area contributed by atoms with Gasteiger partial charge in [-0.3, -0.25) is 0 Å². The summed E-state index contributed by atoms with van der Waals surface area (Å²) in [7, 11) is 0. The fraction of sp³-hybridized carbons (Fsp3) is 0.261. The quantitative estimate of drug-likeness (QED) is 0.735. The van der Waals surface area contributed by atoms with Crippen LogP contribution in [0.2, 0.25) is 0 Å². The summed E-state index contributed by atoms with van der Waals surface area (Å²) in [6.45, 7) is 1.22. The summed E-state index contributed by atoms with van der Waals surface area (Å²) in [5.41, 5.74) is 2.48. The number of nitrogens with one attached hydrogen (secondary N) is 2. The molecule has 0 radical (unpaired) electrons. The third-order valence-electron chi connectivity index (χ3n) is 5.62. The zero-order valence-corrected chi connectivity index (χ0v) is 15.0. The second kappa shape index (κ2) is 6.62. The van der Waals surface area contributed by atoms with Crippen LogP contribution in [0.4, 0.5) is 4.79 Å². The Labute approximate surface area is 158 Å². The van der Waals surface area contributed by atoms with Crippen LogP contribution in [0.5, 0.6) is 5.75 Å². The average Bonchev–Trinajstić information content (AvgIpc) is 3.34. The highest BCUT2D eigenvalue weighted by molar-refractivity contribution is 5.83. The van der Waals surface area contributed by atoms with Crippen molar-refractivity contribution < 1.29 is 9.53 Å². The molecule has 136 valence electrons. The van der Waals surface area contributed by atoms with Gasteiger partial charge in [0.15, 0.2) is 0 Å². The van der Waals surface area contributed by atoms with Crippen molar-refractivity contribution in [2.24, 2.45) is 0 Å². The van der Waals surface area contributed by atoms with E-state index in [2.05, 4.69) is 59.2 Å². The highest BCUT2D eigenvalue weighted by Crippen LogP contribution is 2.41. The molecule has 0 aromatic heterocycles. The molecule has 1 saturated carbocycles. The summed E-state index contributed by atoms with van der Waals surface area (Å²) in [5, 5.41) is 8.62. The van der Waals surface area contributed by atoms with Crippen molar-refractivity contribution in [2.45, 2.75) is 24.3 Å². The highest BCUT2D eigenvalue weighted by Gasteiger charge is 2.39. The highest BCUT2D eigenvalue weighted by atomic mass is 16.5. The minimum Gasteiger partial charge on any atom is -0.493 e. The number of rotatable bonds is 4. The van der Waals surface area contributed by atoms with Gasteiger partial charge in [0.25, 0.3) is 0 Å². The molecule has 1 fully saturated rings. The summed E-state index contributed by atoms with van der Waals surface area (Å²) < 4.78 is 5.68. The molecular formula is C23H22N2O2. The smallest absolute Gasteiger partial charge is 0.315 e. The lowest BCUT2D eigenvalue weighted by atomic mass is 10.0. The summed E-state index contributed by atoms with van der Waals surface area (Å²) in [6.07, 6.45) is 1.00. The van der Waals surface area contributed by atoms with Crippen molar-refractivity contribution in [3.8, 4) is 5.75 Å². The van der Waals surface area contributed by atoms with Crippen LogP contribution in [0, 0.1) is 0 Å². The van der Waals surface area contributed by atoms with Crippen molar-refractivity contribution in [1.82, 2.24) is 10.6 Å². The Balaban J connectivity index is 1.16. The van der Waals surface area contributed by atoms with Crippen LogP contribution < -0.4 is 15.4 Å². The molecule has 0 bridgehead atoms. The number of carbonyl (C=O) groups is 1. The molecule has 2 N–H and O–H groups in total. The summed E-state index contributed by atoms with van der Waals surface area (Å²) >= 11 is 0. The number of urea groups is 1. The Kier molecular flexibility index (Phi) is 3.97. The third-order valence-corrected chi connectivity index (χ3v) is 5.62. The van der Waals surface area contributed by atoms with Gasteiger partial charge in [0.05, 0.1) is 6.61 Å². The first-order valence-corrected chi connectivity index (χ1v) is 9.53. The third kappa shape index (κ3) is 3.23. The zero-order valence-electron chi connectivity index (χ0n) is 15.0. The van der Waals surface area contributed by atoms with Gasteiger partial charge < -0.3 is 15.4 Å². The minimum atomic E-state index is -0.0901. The first kappa shape index (κ1) is 16.2. The Morgan fingerprint density at radius 2 is 1.81 bits per heavy atom. The maximum absolute atomic E-state index is 12.3. The number of fused-ring (bicyclic) bond motifs is 2. The van der Waals surface area contributed by atoms with Gasteiger partial charge in [-0.15, -0.1) is 0 Å². The Morgan fingerprint density at radius 3 is 2.74 bits per heavy atom.